The number of nitrogens with one attached hydrogen (secondary N) is 2. The number of amides is 4. The Morgan fingerprint density at radius 3 is 2.25 bits per heavy atom. The minimum absolute atomic E-state index is 0.129. The van der Waals surface area contributed by atoms with Crippen molar-refractivity contribution in [1.82, 2.24) is 10.0 Å². The molecule has 0 aromatic heterocycles. The lowest BCUT2D eigenvalue weighted by Crippen LogP contribution is -2.39. The molecule has 0 atom stereocenters. The molecule has 9 heteroatoms. The second-order valence-electron chi connectivity index (χ2n) is 5.33. The van der Waals surface area contributed by atoms with Crippen molar-refractivity contribution < 1.29 is 22.8 Å². The third kappa shape index (κ3) is 4.10. The van der Waals surface area contributed by atoms with Crippen LogP contribution in [0.1, 0.15) is 32.6 Å². The minimum atomic E-state index is -4.01. The number of benzene rings is 1. The van der Waals surface area contributed by atoms with Gasteiger partial charge in [0, 0.05) is 19.4 Å². The first kappa shape index (κ1) is 17.9. The van der Waals surface area contributed by atoms with Gasteiger partial charge in [-0.3, -0.25) is 14.5 Å². The van der Waals surface area contributed by atoms with Gasteiger partial charge in [0.05, 0.1) is 10.6 Å². The topological polar surface area (TPSA) is 113 Å². The Hall–Kier alpha value is -2.42. The van der Waals surface area contributed by atoms with Crippen LogP contribution in [0.15, 0.2) is 29.2 Å². The van der Waals surface area contributed by atoms with Gasteiger partial charge in [-0.15, -0.1) is 0 Å². The SMILES string of the molecule is CCCCNC(=O)NS(=O)(=O)c1ccc(N2C(=O)CCC2=O)cc1. The summed E-state index contributed by atoms with van der Waals surface area (Å²) in [5, 5.41) is 2.45. The van der Waals surface area contributed by atoms with E-state index in [0.717, 1.165) is 17.7 Å². The molecule has 130 valence electrons. The molecule has 1 saturated heterocycles. The maximum absolute atomic E-state index is 12.1. The monoisotopic (exact) mass is 353 g/mol. The van der Waals surface area contributed by atoms with Crippen LogP contribution in [-0.4, -0.2) is 32.8 Å². The average molecular weight is 353 g/mol. The van der Waals surface area contributed by atoms with Crippen molar-refractivity contribution in [3.05, 3.63) is 24.3 Å². The fraction of sp³-hybridized carbons (Fsp3) is 0.400. The van der Waals surface area contributed by atoms with Gasteiger partial charge in [-0.2, -0.15) is 0 Å². The molecule has 0 aliphatic carbocycles. The Bertz CT molecular complexity index is 727. The zero-order chi connectivity index (χ0) is 17.7. The molecule has 1 aromatic rings. The van der Waals surface area contributed by atoms with Gasteiger partial charge in [-0.25, -0.2) is 17.9 Å². The number of hydrogen-bond donors (Lipinski definition) is 2. The van der Waals surface area contributed by atoms with E-state index in [1.807, 2.05) is 11.6 Å². The van der Waals surface area contributed by atoms with Gasteiger partial charge in [0.2, 0.25) is 11.8 Å². The number of hydrogen-bond acceptors (Lipinski definition) is 5. The summed E-state index contributed by atoms with van der Waals surface area (Å²) in [7, 11) is -4.01. The van der Waals surface area contributed by atoms with Crippen molar-refractivity contribution in [3.8, 4) is 0 Å². The molecule has 1 aromatic carbocycles. The van der Waals surface area contributed by atoms with Crippen molar-refractivity contribution in [2.45, 2.75) is 37.5 Å². The highest BCUT2D eigenvalue weighted by Gasteiger charge is 2.30. The van der Waals surface area contributed by atoms with Gasteiger partial charge >= 0.3 is 6.03 Å². The molecule has 0 saturated carbocycles. The van der Waals surface area contributed by atoms with Crippen molar-refractivity contribution >= 4 is 33.6 Å². The predicted molar refractivity (Wildman–Crippen MR) is 86.8 cm³/mol. The summed E-state index contributed by atoms with van der Waals surface area (Å²) in [5.41, 5.74) is 0.314. The summed E-state index contributed by atoms with van der Waals surface area (Å²) in [4.78, 5) is 35.8. The van der Waals surface area contributed by atoms with Crippen LogP contribution in [-0.2, 0) is 19.6 Å². The summed E-state index contributed by atoms with van der Waals surface area (Å²) in [6, 6.07) is 4.43. The first-order chi connectivity index (χ1) is 11.3. The molecule has 8 nitrogen and oxygen atoms in total. The van der Waals surface area contributed by atoms with E-state index in [1.165, 1.54) is 24.3 Å². The molecule has 1 aliphatic heterocycles. The first-order valence-corrected chi connectivity index (χ1v) is 9.10. The van der Waals surface area contributed by atoms with Crippen LogP contribution in [0, 0.1) is 0 Å². The van der Waals surface area contributed by atoms with E-state index in [2.05, 4.69) is 5.32 Å². The highest BCUT2D eigenvalue weighted by molar-refractivity contribution is 7.90. The van der Waals surface area contributed by atoms with E-state index in [-0.39, 0.29) is 29.6 Å². The highest BCUT2D eigenvalue weighted by Crippen LogP contribution is 2.23. The van der Waals surface area contributed by atoms with E-state index >= 15 is 0 Å². The first-order valence-electron chi connectivity index (χ1n) is 7.61. The molecule has 2 rings (SSSR count). The van der Waals surface area contributed by atoms with Gasteiger partial charge in [-0.05, 0) is 30.7 Å². The van der Waals surface area contributed by atoms with Crippen molar-refractivity contribution in [2.24, 2.45) is 0 Å². The molecular formula is C15H19N3O5S. The van der Waals surface area contributed by atoms with E-state index in [9.17, 15) is 22.8 Å². The normalized spacial score (nSPS) is 14.8. The number of carbonyl (C=O) groups is 3. The third-order valence-electron chi connectivity index (χ3n) is 3.50. The Kier molecular flexibility index (Phi) is 5.55. The molecule has 24 heavy (non-hydrogen) atoms. The highest BCUT2D eigenvalue weighted by atomic mass is 32.2. The summed E-state index contributed by atoms with van der Waals surface area (Å²) in [6.07, 6.45) is 1.93. The molecule has 0 unspecified atom stereocenters. The molecule has 0 spiro atoms. The average Bonchev–Trinajstić information content (AvgIpc) is 2.86. The zero-order valence-corrected chi connectivity index (χ0v) is 14.1. The van der Waals surface area contributed by atoms with Crippen molar-refractivity contribution in [3.63, 3.8) is 0 Å². The van der Waals surface area contributed by atoms with Gasteiger partial charge in [0.1, 0.15) is 0 Å². The van der Waals surface area contributed by atoms with Crippen LogP contribution in [0.3, 0.4) is 0 Å². The summed E-state index contributed by atoms with van der Waals surface area (Å²) < 4.78 is 26.1. The Morgan fingerprint density at radius 1 is 1.12 bits per heavy atom. The molecule has 1 fully saturated rings. The number of imide groups is 1. The molecular weight excluding hydrogens is 334 g/mol. The zero-order valence-electron chi connectivity index (χ0n) is 13.2. The summed E-state index contributed by atoms with van der Waals surface area (Å²) in [5.74, 6) is -0.631. The fourth-order valence-electron chi connectivity index (χ4n) is 2.23. The second kappa shape index (κ2) is 7.43. The lowest BCUT2D eigenvalue weighted by molar-refractivity contribution is -0.121. The van der Waals surface area contributed by atoms with Gasteiger partial charge in [0.15, 0.2) is 0 Å². The van der Waals surface area contributed by atoms with Crippen LogP contribution in [0.25, 0.3) is 0 Å². The van der Waals surface area contributed by atoms with Gasteiger partial charge in [-0.1, -0.05) is 13.3 Å². The van der Waals surface area contributed by atoms with Crippen molar-refractivity contribution in [2.75, 3.05) is 11.4 Å². The third-order valence-corrected chi connectivity index (χ3v) is 4.85. The van der Waals surface area contributed by atoms with Crippen LogP contribution < -0.4 is 14.9 Å². The van der Waals surface area contributed by atoms with E-state index in [4.69, 9.17) is 0 Å². The van der Waals surface area contributed by atoms with Crippen LogP contribution in [0.4, 0.5) is 10.5 Å². The number of rotatable bonds is 6. The number of nitrogens with zero attached hydrogens (tertiary/aromatic N) is 1. The van der Waals surface area contributed by atoms with E-state index < -0.39 is 16.1 Å². The maximum atomic E-state index is 12.1. The summed E-state index contributed by atoms with van der Waals surface area (Å²) in [6.45, 7) is 2.34. The molecule has 0 radical (unpaired) electrons. The Balaban J connectivity index is 2.07. The Labute approximate surface area is 140 Å². The number of unbranched alkanes of at least 4 members (excludes halogenated alkanes) is 1. The van der Waals surface area contributed by atoms with Gasteiger partial charge < -0.3 is 5.32 Å². The molecule has 2 N–H and O–H groups in total. The van der Waals surface area contributed by atoms with Crippen LogP contribution in [0.2, 0.25) is 0 Å². The lowest BCUT2D eigenvalue weighted by atomic mass is 10.3. The maximum Gasteiger partial charge on any atom is 0.328 e. The minimum Gasteiger partial charge on any atom is -0.337 e. The number of anilines is 1. The number of carbonyl (C=O) groups excluding carboxylic acids is 3. The largest absolute Gasteiger partial charge is 0.337 e. The summed E-state index contributed by atoms with van der Waals surface area (Å²) >= 11 is 0. The van der Waals surface area contributed by atoms with E-state index in [0.29, 0.717) is 12.2 Å². The second-order valence-corrected chi connectivity index (χ2v) is 7.01. The molecule has 1 aliphatic rings. The van der Waals surface area contributed by atoms with Crippen LogP contribution in [0.5, 0.6) is 0 Å². The standard InChI is InChI=1S/C15H19N3O5S/c1-2-3-10-16-15(21)17-24(22,23)12-6-4-11(5-7-12)18-13(19)8-9-14(18)20/h4-7H,2-3,8-10H2,1H3,(H2,16,17,21). The number of sulfonamides is 1. The molecule has 1 heterocycles. The van der Waals surface area contributed by atoms with Crippen LogP contribution >= 0.6 is 0 Å². The predicted octanol–water partition coefficient (Wildman–Crippen LogP) is 1.13. The smallest absolute Gasteiger partial charge is 0.328 e. The molecule has 0 bridgehead atoms. The Morgan fingerprint density at radius 2 is 1.71 bits per heavy atom. The molecule has 4 amide bonds. The lowest BCUT2D eigenvalue weighted by Gasteiger charge is -2.14. The van der Waals surface area contributed by atoms with Gasteiger partial charge in [0.25, 0.3) is 10.0 Å². The quantitative estimate of drug-likeness (QED) is 0.588. The fourth-order valence-corrected chi connectivity index (χ4v) is 3.16. The number of urea groups is 1. The van der Waals surface area contributed by atoms with Crippen molar-refractivity contribution in [1.29, 1.82) is 0 Å². The van der Waals surface area contributed by atoms with E-state index in [1.54, 1.807) is 0 Å².